The zero-order valence-electron chi connectivity index (χ0n) is 9.15. The molecule has 0 spiro atoms. The van der Waals surface area contributed by atoms with Crippen LogP contribution in [-0.2, 0) is 9.63 Å². The van der Waals surface area contributed by atoms with E-state index in [0.29, 0.717) is 25.4 Å². The van der Waals surface area contributed by atoms with Gasteiger partial charge in [-0.1, -0.05) is 12.8 Å². The van der Waals surface area contributed by atoms with E-state index < -0.39 is 0 Å². The van der Waals surface area contributed by atoms with Crippen LogP contribution in [-0.4, -0.2) is 30.2 Å². The van der Waals surface area contributed by atoms with Crippen molar-refractivity contribution in [1.29, 1.82) is 0 Å². The molecule has 1 saturated carbocycles. The monoisotopic (exact) mass is 212 g/mol. The van der Waals surface area contributed by atoms with Gasteiger partial charge in [-0.05, 0) is 31.7 Å². The van der Waals surface area contributed by atoms with Gasteiger partial charge in [0.2, 0.25) is 5.91 Å². The predicted octanol–water partition coefficient (Wildman–Crippen LogP) is 1.06. The van der Waals surface area contributed by atoms with Gasteiger partial charge in [-0.2, -0.15) is 0 Å². The molecule has 1 heterocycles. The second kappa shape index (κ2) is 4.94. The first-order valence-corrected chi connectivity index (χ1v) is 5.98. The van der Waals surface area contributed by atoms with Crippen molar-refractivity contribution in [2.75, 3.05) is 13.1 Å². The minimum atomic E-state index is 0.139. The average molecular weight is 212 g/mol. The number of rotatable bonds is 4. The lowest BCUT2D eigenvalue weighted by molar-refractivity contribution is -0.178. The Morgan fingerprint density at radius 2 is 2.13 bits per heavy atom. The fourth-order valence-corrected chi connectivity index (χ4v) is 2.53. The Morgan fingerprint density at radius 3 is 2.80 bits per heavy atom. The molecule has 0 aromatic rings. The third-order valence-corrected chi connectivity index (χ3v) is 3.41. The van der Waals surface area contributed by atoms with Crippen LogP contribution in [0.5, 0.6) is 0 Å². The molecule has 1 amide bonds. The molecule has 0 bridgehead atoms. The molecule has 0 aromatic heterocycles. The summed E-state index contributed by atoms with van der Waals surface area (Å²) in [6.07, 6.45) is 6.59. The lowest BCUT2D eigenvalue weighted by Gasteiger charge is -2.19. The van der Waals surface area contributed by atoms with Gasteiger partial charge < -0.3 is 5.73 Å². The third-order valence-electron chi connectivity index (χ3n) is 3.41. The van der Waals surface area contributed by atoms with Crippen molar-refractivity contribution in [2.24, 2.45) is 11.7 Å². The van der Waals surface area contributed by atoms with Crippen molar-refractivity contribution in [1.82, 2.24) is 5.06 Å². The Balaban J connectivity index is 1.82. The normalized spacial score (nSPS) is 27.9. The second-order valence-corrected chi connectivity index (χ2v) is 4.53. The van der Waals surface area contributed by atoms with Gasteiger partial charge in [-0.25, -0.2) is 5.06 Å². The molecule has 1 aliphatic carbocycles. The maximum atomic E-state index is 11.6. The summed E-state index contributed by atoms with van der Waals surface area (Å²) in [7, 11) is 0. The van der Waals surface area contributed by atoms with Crippen molar-refractivity contribution < 1.29 is 9.63 Å². The molecule has 2 rings (SSSR count). The van der Waals surface area contributed by atoms with E-state index in [2.05, 4.69) is 0 Å². The standard InChI is InChI=1S/C11H20N2O2/c12-6-3-7-13-11(14)8-10(15-13)9-4-1-2-5-9/h9-10H,1-8,12H2. The number of nitrogens with zero attached hydrogens (tertiary/aromatic N) is 1. The Kier molecular flexibility index (Phi) is 3.59. The van der Waals surface area contributed by atoms with E-state index >= 15 is 0 Å². The molecule has 1 unspecified atom stereocenters. The summed E-state index contributed by atoms with van der Waals surface area (Å²) < 4.78 is 0. The Morgan fingerprint density at radius 1 is 1.40 bits per heavy atom. The predicted molar refractivity (Wildman–Crippen MR) is 56.8 cm³/mol. The van der Waals surface area contributed by atoms with Crippen molar-refractivity contribution >= 4 is 5.91 Å². The van der Waals surface area contributed by atoms with Gasteiger partial charge in [0.1, 0.15) is 0 Å². The van der Waals surface area contributed by atoms with Crippen LogP contribution in [0.25, 0.3) is 0 Å². The number of hydroxylamine groups is 2. The molecule has 2 fully saturated rings. The minimum Gasteiger partial charge on any atom is -0.330 e. The van der Waals surface area contributed by atoms with Gasteiger partial charge >= 0.3 is 0 Å². The molecule has 0 radical (unpaired) electrons. The number of nitrogens with two attached hydrogens (primary N) is 1. The summed E-state index contributed by atoms with van der Waals surface area (Å²) in [4.78, 5) is 17.3. The molecule has 2 aliphatic rings. The summed E-state index contributed by atoms with van der Waals surface area (Å²) >= 11 is 0. The zero-order valence-corrected chi connectivity index (χ0v) is 9.15. The van der Waals surface area contributed by atoms with Crippen molar-refractivity contribution in [3.8, 4) is 0 Å². The second-order valence-electron chi connectivity index (χ2n) is 4.53. The molecule has 15 heavy (non-hydrogen) atoms. The highest BCUT2D eigenvalue weighted by Gasteiger charge is 2.36. The molecule has 86 valence electrons. The Bertz CT molecular complexity index is 227. The van der Waals surface area contributed by atoms with Crippen LogP contribution in [0.15, 0.2) is 0 Å². The summed E-state index contributed by atoms with van der Waals surface area (Å²) in [5.41, 5.74) is 5.42. The van der Waals surface area contributed by atoms with E-state index in [0.717, 1.165) is 6.42 Å². The fourth-order valence-electron chi connectivity index (χ4n) is 2.53. The number of carbonyl (C=O) groups excluding carboxylic acids is 1. The summed E-state index contributed by atoms with van der Waals surface area (Å²) in [6, 6.07) is 0. The van der Waals surface area contributed by atoms with Gasteiger partial charge in [0.15, 0.2) is 0 Å². The molecular formula is C11H20N2O2. The quantitative estimate of drug-likeness (QED) is 0.758. The molecule has 1 saturated heterocycles. The summed E-state index contributed by atoms with van der Waals surface area (Å²) in [5, 5.41) is 1.52. The maximum Gasteiger partial charge on any atom is 0.248 e. The van der Waals surface area contributed by atoms with E-state index in [4.69, 9.17) is 10.6 Å². The van der Waals surface area contributed by atoms with Gasteiger partial charge in [0.25, 0.3) is 0 Å². The van der Waals surface area contributed by atoms with Crippen LogP contribution in [0.1, 0.15) is 38.5 Å². The summed E-state index contributed by atoms with van der Waals surface area (Å²) in [5.74, 6) is 0.747. The largest absolute Gasteiger partial charge is 0.330 e. The van der Waals surface area contributed by atoms with Crippen LogP contribution in [0.2, 0.25) is 0 Å². The maximum absolute atomic E-state index is 11.6. The van der Waals surface area contributed by atoms with Crippen LogP contribution < -0.4 is 5.73 Å². The van der Waals surface area contributed by atoms with E-state index in [1.807, 2.05) is 0 Å². The molecule has 2 N–H and O–H groups in total. The first kappa shape index (κ1) is 10.9. The molecular weight excluding hydrogens is 192 g/mol. The highest BCUT2D eigenvalue weighted by molar-refractivity contribution is 5.77. The van der Waals surface area contributed by atoms with Crippen LogP contribution >= 0.6 is 0 Å². The molecule has 4 heteroatoms. The smallest absolute Gasteiger partial charge is 0.248 e. The zero-order chi connectivity index (χ0) is 10.7. The Labute approximate surface area is 90.7 Å². The van der Waals surface area contributed by atoms with E-state index in [1.165, 1.54) is 30.7 Å². The molecule has 1 atom stereocenters. The number of amides is 1. The topological polar surface area (TPSA) is 55.6 Å². The van der Waals surface area contributed by atoms with Crippen molar-refractivity contribution in [3.05, 3.63) is 0 Å². The highest BCUT2D eigenvalue weighted by atomic mass is 16.7. The van der Waals surface area contributed by atoms with Gasteiger partial charge in [-0.15, -0.1) is 0 Å². The molecule has 4 nitrogen and oxygen atoms in total. The highest BCUT2D eigenvalue weighted by Crippen LogP contribution is 2.34. The van der Waals surface area contributed by atoms with Gasteiger partial charge in [0, 0.05) is 6.54 Å². The van der Waals surface area contributed by atoms with E-state index in [9.17, 15) is 4.79 Å². The lowest BCUT2D eigenvalue weighted by atomic mass is 9.99. The van der Waals surface area contributed by atoms with Crippen LogP contribution in [0.4, 0.5) is 0 Å². The summed E-state index contributed by atoms with van der Waals surface area (Å²) in [6.45, 7) is 1.26. The van der Waals surface area contributed by atoms with Gasteiger partial charge in [-0.3, -0.25) is 9.63 Å². The first-order chi connectivity index (χ1) is 7.31. The van der Waals surface area contributed by atoms with E-state index in [1.54, 1.807) is 0 Å². The number of hydrogen-bond donors (Lipinski definition) is 1. The third kappa shape index (κ3) is 2.49. The fraction of sp³-hybridized carbons (Fsp3) is 0.909. The average Bonchev–Trinajstić information content (AvgIpc) is 2.83. The van der Waals surface area contributed by atoms with Crippen LogP contribution in [0.3, 0.4) is 0 Å². The van der Waals surface area contributed by atoms with Gasteiger partial charge in [0.05, 0.1) is 12.5 Å². The minimum absolute atomic E-state index is 0.139. The SMILES string of the molecule is NCCCN1OC(C2CCCC2)CC1=O. The lowest BCUT2D eigenvalue weighted by Crippen LogP contribution is -2.27. The van der Waals surface area contributed by atoms with Crippen molar-refractivity contribution in [3.63, 3.8) is 0 Å². The number of hydrogen-bond acceptors (Lipinski definition) is 3. The van der Waals surface area contributed by atoms with Crippen molar-refractivity contribution in [2.45, 2.75) is 44.6 Å². The molecule has 0 aromatic carbocycles. The first-order valence-electron chi connectivity index (χ1n) is 5.98. The van der Waals surface area contributed by atoms with Crippen LogP contribution in [0, 0.1) is 5.92 Å². The number of carbonyl (C=O) groups is 1. The van der Waals surface area contributed by atoms with E-state index in [-0.39, 0.29) is 12.0 Å². The Hall–Kier alpha value is -0.610. The molecule has 1 aliphatic heterocycles.